The molecule has 2 aromatic rings. The summed E-state index contributed by atoms with van der Waals surface area (Å²) in [5.74, 6) is 0.839. The van der Waals surface area contributed by atoms with Gasteiger partial charge in [0.2, 0.25) is 0 Å². The third-order valence-electron chi connectivity index (χ3n) is 4.73. The number of fused-ring (bicyclic) bond motifs is 1. The van der Waals surface area contributed by atoms with Gasteiger partial charge >= 0.3 is 0 Å². The van der Waals surface area contributed by atoms with Gasteiger partial charge < -0.3 is 0 Å². The molecule has 0 saturated heterocycles. The van der Waals surface area contributed by atoms with Gasteiger partial charge in [0, 0.05) is 65.7 Å². The highest BCUT2D eigenvalue weighted by molar-refractivity contribution is 9.11. The third kappa shape index (κ3) is 3.83. The van der Waals surface area contributed by atoms with Crippen molar-refractivity contribution in [3.63, 3.8) is 0 Å². The summed E-state index contributed by atoms with van der Waals surface area (Å²) < 4.78 is 2.07. The molecule has 0 aromatic carbocycles. The van der Waals surface area contributed by atoms with Crippen molar-refractivity contribution in [2.24, 2.45) is 4.99 Å². The van der Waals surface area contributed by atoms with Gasteiger partial charge in [0.05, 0.1) is 11.4 Å². The Balaban J connectivity index is 1.51. The number of aromatic nitrogens is 3. The van der Waals surface area contributed by atoms with E-state index in [1.54, 1.807) is 0 Å². The van der Waals surface area contributed by atoms with Crippen LogP contribution in [0.15, 0.2) is 32.5 Å². The highest BCUT2D eigenvalue weighted by Crippen LogP contribution is 2.27. The van der Waals surface area contributed by atoms with E-state index in [0.717, 1.165) is 59.5 Å². The molecule has 0 N–H and O–H groups in total. The Morgan fingerprint density at radius 2 is 1.88 bits per heavy atom. The fourth-order valence-electron chi connectivity index (χ4n) is 3.34. The Hall–Kier alpha value is -1.18. The molecule has 2 aliphatic heterocycles. The number of hydrogen-bond donors (Lipinski definition) is 0. The SMILES string of the molecule is Brc1cncc(Br)c1CN1CCc2nc(C3=NCCCC3)ncc2C1. The van der Waals surface area contributed by atoms with E-state index in [1.807, 2.05) is 18.6 Å². The van der Waals surface area contributed by atoms with Crippen LogP contribution in [0.3, 0.4) is 0 Å². The first-order valence-corrected chi connectivity index (χ1v) is 10.2. The molecule has 0 unspecified atom stereocenters. The number of hydrogen-bond acceptors (Lipinski definition) is 5. The number of aliphatic imine (C=N–C) groups is 1. The predicted octanol–water partition coefficient (Wildman–Crippen LogP) is 3.93. The first-order chi connectivity index (χ1) is 12.2. The van der Waals surface area contributed by atoms with E-state index < -0.39 is 0 Å². The summed E-state index contributed by atoms with van der Waals surface area (Å²) in [6.45, 7) is 3.66. The monoisotopic (exact) mass is 463 g/mol. The van der Waals surface area contributed by atoms with Gasteiger partial charge in [0.25, 0.3) is 0 Å². The van der Waals surface area contributed by atoms with Crippen LogP contribution < -0.4 is 0 Å². The van der Waals surface area contributed by atoms with Crippen molar-refractivity contribution in [3.8, 4) is 0 Å². The fraction of sp³-hybridized carbons (Fsp3) is 0.444. The Bertz CT molecular complexity index is 801. The Kier molecular flexibility index (Phi) is 5.24. The van der Waals surface area contributed by atoms with E-state index in [0.29, 0.717) is 0 Å². The first-order valence-electron chi connectivity index (χ1n) is 8.59. The highest BCUT2D eigenvalue weighted by atomic mass is 79.9. The summed E-state index contributed by atoms with van der Waals surface area (Å²) in [5, 5.41) is 0. The fourth-order valence-corrected chi connectivity index (χ4v) is 4.52. The lowest BCUT2D eigenvalue weighted by atomic mass is 10.0. The number of pyridine rings is 1. The molecule has 4 rings (SSSR count). The Morgan fingerprint density at radius 3 is 2.64 bits per heavy atom. The average molecular weight is 465 g/mol. The van der Waals surface area contributed by atoms with E-state index in [-0.39, 0.29) is 0 Å². The highest BCUT2D eigenvalue weighted by Gasteiger charge is 2.21. The molecule has 0 fully saturated rings. The second-order valence-electron chi connectivity index (χ2n) is 6.49. The van der Waals surface area contributed by atoms with Crippen molar-refractivity contribution < 1.29 is 0 Å². The molecule has 0 atom stereocenters. The zero-order valence-electron chi connectivity index (χ0n) is 13.9. The van der Waals surface area contributed by atoms with Crippen molar-refractivity contribution in [2.75, 3.05) is 13.1 Å². The van der Waals surface area contributed by atoms with Gasteiger partial charge in [-0.2, -0.15) is 0 Å². The van der Waals surface area contributed by atoms with Gasteiger partial charge in [-0.15, -0.1) is 0 Å². The summed E-state index contributed by atoms with van der Waals surface area (Å²) in [5.41, 5.74) is 4.73. The third-order valence-corrected chi connectivity index (χ3v) is 6.10. The zero-order chi connectivity index (χ0) is 17.2. The van der Waals surface area contributed by atoms with Crippen LogP contribution in [-0.2, 0) is 19.5 Å². The van der Waals surface area contributed by atoms with Gasteiger partial charge in [0.1, 0.15) is 0 Å². The maximum atomic E-state index is 4.82. The molecule has 25 heavy (non-hydrogen) atoms. The summed E-state index contributed by atoms with van der Waals surface area (Å²) in [6, 6.07) is 0. The Morgan fingerprint density at radius 1 is 1.04 bits per heavy atom. The summed E-state index contributed by atoms with van der Waals surface area (Å²) >= 11 is 7.20. The molecule has 0 radical (unpaired) electrons. The zero-order valence-corrected chi connectivity index (χ0v) is 17.1. The molecule has 130 valence electrons. The molecule has 2 aliphatic rings. The molecule has 4 heterocycles. The van der Waals surface area contributed by atoms with Crippen LogP contribution >= 0.6 is 31.9 Å². The molecule has 0 spiro atoms. The van der Waals surface area contributed by atoms with E-state index in [2.05, 4.69) is 51.7 Å². The smallest absolute Gasteiger partial charge is 0.173 e. The van der Waals surface area contributed by atoms with Gasteiger partial charge in [0.15, 0.2) is 5.82 Å². The largest absolute Gasteiger partial charge is 0.294 e. The molecule has 0 saturated carbocycles. The van der Waals surface area contributed by atoms with Gasteiger partial charge in [-0.1, -0.05) is 0 Å². The lowest BCUT2D eigenvalue weighted by Gasteiger charge is -2.28. The Labute approximate surface area is 164 Å². The van der Waals surface area contributed by atoms with Crippen LogP contribution in [0.4, 0.5) is 0 Å². The molecule has 0 amide bonds. The van der Waals surface area contributed by atoms with Gasteiger partial charge in [-0.25, -0.2) is 9.97 Å². The van der Waals surface area contributed by atoms with Crippen LogP contribution in [0.25, 0.3) is 0 Å². The van der Waals surface area contributed by atoms with Gasteiger partial charge in [-0.05, 0) is 56.7 Å². The number of nitrogens with zero attached hydrogens (tertiary/aromatic N) is 5. The molecule has 5 nitrogen and oxygen atoms in total. The molecule has 0 aliphatic carbocycles. The summed E-state index contributed by atoms with van der Waals surface area (Å²) in [6.07, 6.45) is 10.0. The van der Waals surface area contributed by atoms with Crippen molar-refractivity contribution >= 4 is 37.6 Å². The maximum Gasteiger partial charge on any atom is 0.173 e. The van der Waals surface area contributed by atoms with E-state index in [1.165, 1.54) is 29.7 Å². The lowest BCUT2D eigenvalue weighted by Crippen LogP contribution is -2.31. The number of halogens is 2. The molecular formula is C18H19Br2N5. The minimum Gasteiger partial charge on any atom is -0.294 e. The number of rotatable bonds is 3. The summed E-state index contributed by atoms with van der Waals surface area (Å²) in [4.78, 5) is 20.6. The second-order valence-corrected chi connectivity index (χ2v) is 8.20. The van der Waals surface area contributed by atoms with Crippen LogP contribution in [0.5, 0.6) is 0 Å². The van der Waals surface area contributed by atoms with Crippen molar-refractivity contribution in [2.45, 2.75) is 38.8 Å². The van der Waals surface area contributed by atoms with Crippen LogP contribution in [0, 0.1) is 0 Å². The van der Waals surface area contributed by atoms with Crippen molar-refractivity contribution in [1.82, 2.24) is 19.9 Å². The summed E-state index contributed by atoms with van der Waals surface area (Å²) in [7, 11) is 0. The van der Waals surface area contributed by atoms with Crippen molar-refractivity contribution in [3.05, 3.63) is 50.2 Å². The quantitative estimate of drug-likeness (QED) is 0.690. The maximum absolute atomic E-state index is 4.82. The second kappa shape index (κ2) is 7.60. The van der Waals surface area contributed by atoms with E-state index in [9.17, 15) is 0 Å². The topological polar surface area (TPSA) is 54.3 Å². The van der Waals surface area contributed by atoms with Crippen LogP contribution in [0.1, 0.15) is 41.9 Å². The average Bonchev–Trinajstić information content (AvgIpc) is 2.65. The van der Waals surface area contributed by atoms with Gasteiger partial charge in [-0.3, -0.25) is 14.9 Å². The normalized spacial score (nSPS) is 17.9. The van der Waals surface area contributed by atoms with E-state index in [4.69, 9.17) is 4.98 Å². The standard InChI is InChI=1S/C18H19Br2N5/c19-14-8-21-9-15(20)13(14)11-25-6-4-16-12(10-25)7-23-18(24-16)17-3-1-2-5-22-17/h7-9H,1-6,10-11H2. The molecule has 7 heteroatoms. The van der Waals surface area contributed by atoms with Crippen LogP contribution in [0.2, 0.25) is 0 Å². The molecule has 2 aromatic heterocycles. The van der Waals surface area contributed by atoms with Crippen molar-refractivity contribution in [1.29, 1.82) is 0 Å². The predicted molar refractivity (Wildman–Crippen MR) is 105 cm³/mol. The molecule has 0 bridgehead atoms. The first kappa shape index (κ1) is 17.2. The minimum atomic E-state index is 0.839. The molecular weight excluding hydrogens is 446 g/mol. The van der Waals surface area contributed by atoms with E-state index >= 15 is 0 Å². The minimum absolute atomic E-state index is 0.839. The van der Waals surface area contributed by atoms with Crippen LogP contribution in [-0.4, -0.2) is 38.7 Å². The lowest BCUT2D eigenvalue weighted by molar-refractivity contribution is 0.242.